The number of hydrogen-bond donors (Lipinski definition) is 1. The number of halogens is 1. The van der Waals surface area contributed by atoms with Crippen molar-refractivity contribution in [1.82, 2.24) is 10.2 Å². The summed E-state index contributed by atoms with van der Waals surface area (Å²) in [7, 11) is -4.16. The summed E-state index contributed by atoms with van der Waals surface area (Å²) in [5, 5.41) is 3.60. The lowest BCUT2D eigenvalue weighted by atomic mass is 10.0. The first kappa shape index (κ1) is 33.7. The van der Waals surface area contributed by atoms with Gasteiger partial charge in [-0.05, 0) is 79.8 Å². The minimum atomic E-state index is -4.16. The number of nitrogens with one attached hydrogen (secondary N) is 1. The van der Waals surface area contributed by atoms with Gasteiger partial charge in [0.05, 0.1) is 10.6 Å². The topological polar surface area (TPSA) is 86.8 Å². The van der Waals surface area contributed by atoms with Crippen LogP contribution in [0.3, 0.4) is 0 Å². The zero-order valence-electron chi connectivity index (χ0n) is 26.1. The van der Waals surface area contributed by atoms with Gasteiger partial charge in [-0.2, -0.15) is 0 Å². The maximum atomic E-state index is 14.6. The van der Waals surface area contributed by atoms with E-state index in [2.05, 4.69) is 5.32 Å². The Morgan fingerprint density at radius 1 is 0.844 bits per heavy atom. The lowest BCUT2D eigenvalue weighted by molar-refractivity contribution is -0.140. The van der Waals surface area contributed by atoms with E-state index in [-0.39, 0.29) is 29.8 Å². The maximum absolute atomic E-state index is 14.6. The molecule has 0 heterocycles. The number of benzene rings is 4. The number of nitrogens with zero attached hydrogens (tertiary/aromatic N) is 2. The van der Waals surface area contributed by atoms with E-state index in [9.17, 15) is 18.0 Å². The van der Waals surface area contributed by atoms with Gasteiger partial charge in [0, 0.05) is 24.0 Å². The monoisotopic (exact) mass is 645 g/mol. The largest absolute Gasteiger partial charge is 0.352 e. The van der Waals surface area contributed by atoms with Crippen LogP contribution in [-0.2, 0) is 32.6 Å². The molecule has 7 nitrogen and oxygen atoms in total. The van der Waals surface area contributed by atoms with Crippen LogP contribution in [-0.4, -0.2) is 43.8 Å². The molecule has 0 aliphatic carbocycles. The summed E-state index contributed by atoms with van der Waals surface area (Å²) in [6.45, 7) is 7.16. The molecule has 0 saturated carbocycles. The fraction of sp³-hybridized carbons (Fsp3) is 0.278. The highest BCUT2D eigenvalue weighted by molar-refractivity contribution is 7.92. The molecule has 0 bridgehead atoms. The normalized spacial score (nSPS) is 12.6. The molecule has 0 spiro atoms. The molecule has 0 radical (unpaired) electrons. The number of aryl methyl sites for hydroxylation is 2. The molecule has 2 amide bonds. The van der Waals surface area contributed by atoms with E-state index in [1.807, 2.05) is 70.2 Å². The Labute approximate surface area is 271 Å². The molecule has 0 aliphatic heterocycles. The zero-order valence-corrected chi connectivity index (χ0v) is 27.7. The van der Waals surface area contributed by atoms with Gasteiger partial charge in [0.15, 0.2) is 0 Å². The van der Waals surface area contributed by atoms with Gasteiger partial charge in [-0.25, -0.2) is 8.42 Å². The molecule has 2 atom stereocenters. The van der Waals surface area contributed by atoms with Gasteiger partial charge in [0.25, 0.3) is 10.0 Å². The fourth-order valence-corrected chi connectivity index (χ4v) is 6.62. The van der Waals surface area contributed by atoms with Crippen LogP contribution in [0.5, 0.6) is 0 Å². The minimum Gasteiger partial charge on any atom is -0.352 e. The predicted octanol–water partition coefficient (Wildman–Crippen LogP) is 6.71. The lowest BCUT2D eigenvalue weighted by Gasteiger charge is -2.34. The van der Waals surface area contributed by atoms with Crippen LogP contribution in [0.4, 0.5) is 5.69 Å². The van der Waals surface area contributed by atoms with Crippen molar-refractivity contribution in [2.75, 3.05) is 10.8 Å². The van der Waals surface area contributed by atoms with Gasteiger partial charge >= 0.3 is 0 Å². The van der Waals surface area contributed by atoms with Gasteiger partial charge in [0.1, 0.15) is 12.6 Å². The molecule has 4 aromatic carbocycles. The molecule has 4 aromatic rings. The van der Waals surface area contributed by atoms with Crippen molar-refractivity contribution in [3.8, 4) is 0 Å². The molecule has 0 aromatic heterocycles. The number of sulfonamides is 1. The number of carbonyl (C=O) groups is 2. The average Bonchev–Trinajstić information content (AvgIpc) is 3.04. The second-order valence-electron chi connectivity index (χ2n) is 11.3. The van der Waals surface area contributed by atoms with Crippen molar-refractivity contribution in [3.05, 3.63) is 130 Å². The molecule has 0 aliphatic rings. The smallest absolute Gasteiger partial charge is 0.264 e. The Hall–Kier alpha value is -4.14. The number of anilines is 1. The molecule has 0 unspecified atom stereocenters. The minimum absolute atomic E-state index is 0.0679. The Morgan fingerprint density at radius 2 is 1.47 bits per heavy atom. The first-order valence-corrected chi connectivity index (χ1v) is 16.8. The van der Waals surface area contributed by atoms with Crippen molar-refractivity contribution in [2.24, 2.45) is 0 Å². The van der Waals surface area contributed by atoms with Gasteiger partial charge in [-0.3, -0.25) is 13.9 Å². The Bertz CT molecular complexity index is 1700. The lowest BCUT2D eigenvalue weighted by Crippen LogP contribution is -2.54. The molecule has 0 saturated heterocycles. The third-order valence-electron chi connectivity index (χ3n) is 7.78. The average molecular weight is 646 g/mol. The number of rotatable bonds is 13. The molecular formula is C36H40ClN3O4S. The van der Waals surface area contributed by atoms with E-state index in [1.54, 1.807) is 48.5 Å². The SMILES string of the molecule is CC[C@H](C)NC(=O)[C@H](Cc1ccccc1)N(Cc1ccc(Cl)cc1)C(=O)CN(c1cc(C)ccc1C)S(=O)(=O)c1ccccc1. The Kier molecular flexibility index (Phi) is 11.4. The second-order valence-corrected chi connectivity index (χ2v) is 13.6. The maximum Gasteiger partial charge on any atom is 0.264 e. The molecule has 236 valence electrons. The first-order chi connectivity index (χ1) is 21.5. The third kappa shape index (κ3) is 8.74. The summed E-state index contributed by atoms with van der Waals surface area (Å²) in [6.07, 6.45) is 0.960. The summed E-state index contributed by atoms with van der Waals surface area (Å²) in [5.41, 5.74) is 3.59. The van der Waals surface area contributed by atoms with Crippen molar-refractivity contribution < 1.29 is 18.0 Å². The van der Waals surface area contributed by atoms with Crippen molar-refractivity contribution >= 4 is 39.1 Å². The molecule has 4 rings (SSSR count). The summed E-state index contributed by atoms with van der Waals surface area (Å²) >= 11 is 6.16. The van der Waals surface area contributed by atoms with Crippen LogP contribution in [0.2, 0.25) is 5.02 Å². The van der Waals surface area contributed by atoms with E-state index in [4.69, 9.17) is 11.6 Å². The van der Waals surface area contributed by atoms with Gasteiger partial charge in [0.2, 0.25) is 11.8 Å². The third-order valence-corrected chi connectivity index (χ3v) is 9.81. The van der Waals surface area contributed by atoms with Crippen LogP contribution in [0.25, 0.3) is 0 Å². The van der Waals surface area contributed by atoms with E-state index < -0.39 is 28.5 Å². The second kappa shape index (κ2) is 15.2. The molecule has 9 heteroatoms. The van der Waals surface area contributed by atoms with Crippen molar-refractivity contribution in [2.45, 2.75) is 64.1 Å². The van der Waals surface area contributed by atoms with Crippen LogP contribution >= 0.6 is 11.6 Å². The summed E-state index contributed by atoms with van der Waals surface area (Å²) in [4.78, 5) is 30.1. The highest BCUT2D eigenvalue weighted by Gasteiger charge is 2.35. The number of carbonyl (C=O) groups excluding carboxylic acids is 2. The van der Waals surface area contributed by atoms with Gasteiger partial charge in [-0.15, -0.1) is 0 Å². The summed E-state index contributed by atoms with van der Waals surface area (Å²) in [6, 6.07) is 29.1. The molecule has 1 N–H and O–H groups in total. The quantitative estimate of drug-likeness (QED) is 0.175. The Morgan fingerprint density at radius 3 is 2.09 bits per heavy atom. The highest BCUT2D eigenvalue weighted by atomic mass is 35.5. The number of amides is 2. The summed E-state index contributed by atoms with van der Waals surface area (Å²) < 4.78 is 29.5. The van der Waals surface area contributed by atoms with Crippen LogP contribution in [0.1, 0.15) is 42.5 Å². The highest BCUT2D eigenvalue weighted by Crippen LogP contribution is 2.29. The fourth-order valence-electron chi connectivity index (χ4n) is 5.00. The van der Waals surface area contributed by atoms with Crippen LogP contribution in [0.15, 0.2) is 108 Å². The van der Waals surface area contributed by atoms with E-state index in [0.29, 0.717) is 22.7 Å². The van der Waals surface area contributed by atoms with E-state index >= 15 is 0 Å². The number of hydrogen-bond acceptors (Lipinski definition) is 4. The van der Waals surface area contributed by atoms with Crippen molar-refractivity contribution in [3.63, 3.8) is 0 Å². The van der Waals surface area contributed by atoms with Crippen LogP contribution < -0.4 is 9.62 Å². The summed E-state index contributed by atoms with van der Waals surface area (Å²) in [5.74, 6) is -0.815. The van der Waals surface area contributed by atoms with Gasteiger partial charge in [-0.1, -0.05) is 91.3 Å². The van der Waals surface area contributed by atoms with Crippen LogP contribution in [0, 0.1) is 13.8 Å². The zero-order chi connectivity index (χ0) is 32.6. The first-order valence-electron chi connectivity index (χ1n) is 15.0. The van der Waals surface area contributed by atoms with Gasteiger partial charge < -0.3 is 10.2 Å². The van der Waals surface area contributed by atoms with E-state index in [0.717, 1.165) is 21.0 Å². The molecule has 45 heavy (non-hydrogen) atoms. The standard InChI is InChI=1S/C36H40ClN3O4S/c1-5-28(4)38-36(42)34(23-29-12-8-6-9-13-29)39(24-30-18-20-31(37)21-19-30)35(41)25-40(33-22-26(2)16-17-27(33)3)45(43,44)32-14-10-7-11-15-32/h6-22,28,34H,5,23-25H2,1-4H3,(H,38,42)/t28-,34-/m0/s1. The molecular weight excluding hydrogens is 606 g/mol. The van der Waals surface area contributed by atoms with E-state index in [1.165, 1.54) is 17.0 Å². The van der Waals surface area contributed by atoms with Crippen molar-refractivity contribution in [1.29, 1.82) is 0 Å². The molecule has 0 fully saturated rings. The Balaban J connectivity index is 1.83. The predicted molar refractivity (Wildman–Crippen MR) is 181 cm³/mol.